The van der Waals surface area contributed by atoms with E-state index in [4.69, 9.17) is 23.7 Å². The Balaban J connectivity index is 1.13. The third-order valence-electron chi connectivity index (χ3n) is 10.7. The largest absolute Gasteiger partial charge is 0.497 e. The molecule has 10 nitrogen and oxygen atoms in total. The van der Waals surface area contributed by atoms with Gasteiger partial charge in [0.05, 0.1) is 38.6 Å². The van der Waals surface area contributed by atoms with Gasteiger partial charge in [-0.05, 0) is 76.6 Å². The number of hydrogen-bond acceptors (Lipinski definition) is 8. The van der Waals surface area contributed by atoms with Crippen LogP contribution in [0.2, 0.25) is 0 Å². The highest BCUT2D eigenvalue weighted by molar-refractivity contribution is 5.86. The number of nitrogens with one attached hydrogen (secondary N) is 1. The third-order valence-corrected chi connectivity index (χ3v) is 10.7. The molecule has 2 amide bonds. The highest BCUT2D eigenvalue weighted by atomic mass is 16.6. The summed E-state index contributed by atoms with van der Waals surface area (Å²) in [6, 6.07) is 41.0. The average Bonchev–Trinajstić information content (AvgIpc) is 3.27. The predicted molar refractivity (Wildman–Crippen MR) is 220 cm³/mol. The zero-order valence-electron chi connectivity index (χ0n) is 32.7. The van der Waals surface area contributed by atoms with Gasteiger partial charge in [0.15, 0.2) is 0 Å². The average molecular weight is 770 g/mol. The Kier molecular flexibility index (Phi) is 13.4. The maximum Gasteiger partial charge on any atom is 0.410 e. The van der Waals surface area contributed by atoms with Gasteiger partial charge in [-0.2, -0.15) is 0 Å². The zero-order valence-corrected chi connectivity index (χ0v) is 32.7. The lowest BCUT2D eigenvalue weighted by atomic mass is 9.82. The first-order chi connectivity index (χ1) is 28.0. The molecule has 5 aromatic rings. The number of anilines is 1. The molecule has 2 aliphatic heterocycles. The van der Waals surface area contributed by atoms with Crippen LogP contribution in [0.1, 0.15) is 41.0 Å². The van der Waals surface area contributed by atoms with Crippen molar-refractivity contribution >= 4 is 17.7 Å². The van der Waals surface area contributed by atoms with E-state index in [-0.39, 0.29) is 25.0 Å². The number of ether oxygens (including phenoxy) is 5. The Hall–Kier alpha value is -5.84. The molecule has 296 valence electrons. The van der Waals surface area contributed by atoms with Crippen molar-refractivity contribution in [3.05, 3.63) is 150 Å². The highest BCUT2D eigenvalue weighted by Crippen LogP contribution is 2.37. The first-order valence-electron chi connectivity index (χ1n) is 19.6. The molecular formula is C47H51N3O7. The summed E-state index contributed by atoms with van der Waals surface area (Å²) in [7, 11) is 3.36. The minimum atomic E-state index is -0.806. The molecule has 7 rings (SSSR count). The molecule has 0 spiro atoms. The molecule has 0 aromatic heterocycles. The number of hydrogen-bond donors (Lipinski definition) is 1. The summed E-state index contributed by atoms with van der Waals surface area (Å²) in [4.78, 5) is 32.2. The van der Waals surface area contributed by atoms with Crippen molar-refractivity contribution in [2.24, 2.45) is 0 Å². The summed E-state index contributed by atoms with van der Waals surface area (Å²) in [6.45, 7) is 3.83. The molecule has 0 unspecified atom stereocenters. The normalized spacial score (nSPS) is 17.6. The topological polar surface area (TPSA) is 98.8 Å². The number of methoxy groups -OCH3 is 2. The van der Waals surface area contributed by atoms with Gasteiger partial charge in [-0.25, -0.2) is 4.79 Å². The van der Waals surface area contributed by atoms with Gasteiger partial charge < -0.3 is 33.9 Å². The monoisotopic (exact) mass is 769 g/mol. The van der Waals surface area contributed by atoms with Crippen molar-refractivity contribution in [1.82, 2.24) is 10.2 Å². The van der Waals surface area contributed by atoms with Gasteiger partial charge in [-0.1, -0.05) is 97.1 Å². The third kappa shape index (κ3) is 10.1. The number of carbonyl (C=O) groups is 2. The zero-order chi connectivity index (χ0) is 39.4. The van der Waals surface area contributed by atoms with Gasteiger partial charge in [-0.3, -0.25) is 9.69 Å². The van der Waals surface area contributed by atoms with Crippen LogP contribution in [0.15, 0.2) is 127 Å². The van der Waals surface area contributed by atoms with Crippen LogP contribution in [0.5, 0.6) is 11.5 Å². The van der Waals surface area contributed by atoms with Crippen LogP contribution in [0.25, 0.3) is 11.1 Å². The van der Waals surface area contributed by atoms with E-state index in [1.807, 2.05) is 97.1 Å². The van der Waals surface area contributed by atoms with Crippen LogP contribution < -0.4 is 19.7 Å². The molecular weight excluding hydrogens is 719 g/mol. The Morgan fingerprint density at radius 2 is 1.54 bits per heavy atom. The second-order valence-corrected chi connectivity index (χ2v) is 14.4. The summed E-state index contributed by atoms with van der Waals surface area (Å²) < 4.78 is 29.4. The number of carbonyl (C=O) groups excluding carboxylic acids is 2. The fraction of sp³-hybridized carbons (Fsp3) is 0.319. The van der Waals surface area contributed by atoms with Crippen LogP contribution >= 0.6 is 0 Å². The fourth-order valence-corrected chi connectivity index (χ4v) is 7.63. The fourth-order valence-electron chi connectivity index (χ4n) is 7.63. The molecule has 2 heterocycles. The van der Waals surface area contributed by atoms with Crippen LogP contribution in [-0.2, 0) is 38.8 Å². The minimum absolute atomic E-state index is 0.0856. The number of fused-ring (bicyclic) bond motifs is 1. The van der Waals surface area contributed by atoms with Gasteiger partial charge in [0.1, 0.15) is 30.8 Å². The lowest BCUT2D eigenvalue weighted by Gasteiger charge is -2.42. The number of rotatable bonds is 15. The summed E-state index contributed by atoms with van der Waals surface area (Å²) >= 11 is 0. The maximum absolute atomic E-state index is 14.3. The molecule has 1 saturated heterocycles. The number of nitrogens with zero attached hydrogens (tertiary/aromatic N) is 2. The van der Waals surface area contributed by atoms with Gasteiger partial charge in [-0.15, -0.1) is 0 Å². The first-order valence-corrected chi connectivity index (χ1v) is 19.6. The molecule has 0 bridgehead atoms. The van der Waals surface area contributed by atoms with Gasteiger partial charge >= 0.3 is 6.09 Å². The quantitative estimate of drug-likeness (QED) is 0.107. The van der Waals surface area contributed by atoms with E-state index in [9.17, 15) is 9.59 Å². The summed E-state index contributed by atoms with van der Waals surface area (Å²) in [5.41, 5.74) is 7.00. The molecule has 0 aliphatic carbocycles. The molecule has 2 aliphatic rings. The summed E-state index contributed by atoms with van der Waals surface area (Å²) in [5.74, 6) is 1.12. The van der Waals surface area contributed by atoms with E-state index in [0.717, 1.165) is 70.1 Å². The first kappa shape index (κ1) is 39.4. The molecule has 3 atom stereocenters. The minimum Gasteiger partial charge on any atom is -0.497 e. The Morgan fingerprint density at radius 1 is 0.789 bits per heavy atom. The van der Waals surface area contributed by atoms with Crippen molar-refractivity contribution in [2.45, 2.75) is 50.7 Å². The van der Waals surface area contributed by atoms with Crippen molar-refractivity contribution in [3.8, 4) is 22.6 Å². The van der Waals surface area contributed by atoms with Crippen molar-refractivity contribution in [2.75, 3.05) is 52.0 Å². The van der Waals surface area contributed by atoms with Gasteiger partial charge in [0.2, 0.25) is 5.91 Å². The Labute approximate surface area is 335 Å². The van der Waals surface area contributed by atoms with Crippen molar-refractivity contribution < 1.29 is 33.3 Å². The molecule has 57 heavy (non-hydrogen) atoms. The van der Waals surface area contributed by atoms with Crippen molar-refractivity contribution in [1.29, 1.82) is 0 Å². The molecule has 0 radical (unpaired) electrons. The summed E-state index contributed by atoms with van der Waals surface area (Å²) in [6.07, 6.45) is 0.232. The van der Waals surface area contributed by atoms with E-state index in [2.05, 4.69) is 40.5 Å². The number of piperidine rings is 1. The number of likely N-dealkylation sites (tertiary alicyclic amines) is 1. The van der Waals surface area contributed by atoms with Crippen molar-refractivity contribution in [3.63, 3.8) is 0 Å². The molecule has 1 N–H and O–H groups in total. The van der Waals surface area contributed by atoms with Crippen LogP contribution in [0.4, 0.5) is 10.5 Å². The maximum atomic E-state index is 14.3. The lowest BCUT2D eigenvalue weighted by molar-refractivity contribution is -0.130. The van der Waals surface area contributed by atoms with Gasteiger partial charge in [0, 0.05) is 32.7 Å². The molecule has 10 heteroatoms. The second-order valence-electron chi connectivity index (χ2n) is 14.4. The van der Waals surface area contributed by atoms with E-state index >= 15 is 0 Å². The Bertz CT molecular complexity index is 2060. The Morgan fingerprint density at radius 3 is 2.32 bits per heavy atom. The number of benzene rings is 5. The van der Waals surface area contributed by atoms with Crippen LogP contribution in [0, 0.1) is 0 Å². The predicted octanol–water partition coefficient (Wildman–Crippen LogP) is 7.99. The van der Waals surface area contributed by atoms with E-state index in [0.29, 0.717) is 32.8 Å². The molecule has 0 saturated carbocycles. The SMILES string of the molecule is COCCCN1CCOc2ccc(CO[C@H]3CN(C(=O)OCc4ccccc4)[C@H](C(=O)NCc4cccc(-c5ccccc5)c4)C[C@@H]3c3ccc(OC)cc3)cc21. The highest BCUT2D eigenvalue weighted by Gasteiger charge is 2.43. The summed E-state index contributed by atoms with van der Waals surface area (Å²) in [5, 5.41) is 3.15. The van der Waals surface area contributed by atoms with Crippen LogP contribution in [-0.4, -0.2) is 76.1 Å². The standard InChI is InChI=1S/C47H51N3O7/c1-53-25-10-23-49-24-26-55-44-22-17-36(28-42(44)49)33-56-45-31-50(47(52)57-32-34-11-5-3-6-12-34)43(29-41(45)38-18-20-40(54-2)21-19-38)46(51)48-30-35-13-9-16-39(27-35)37-14-7-4-8-15-37/h3-9,11-22,27-28,41,43,45H,10,23-26,29-33H2,1-2H3,(H,48,51)/t41-,43+,45+/m1/s1. The number of amides is 2. The van der Waals surface area contributed by atoms with E-state index < -0.39 is 18.2 Å². The van der Waals surface area contributed by atoms with E-state index in [1.54, 1.807) is 19.1 Å². The lowest BCUT2D eigenvalue weighted by Crippen LogP contribution is -2.57. The van der Waals surface area contributed by atoms with Gasteiger partial charge in [0.25, 0.3) is 0 Å². The smallest absolute Gasteiger partial charge is 0.410 e. The van der Waals surface area contributed by atoms with E-state index in [1.165, 1.54) is 0 Å². The van der Waals surface area contributed by atoms with Crippen LogP contribution in [0.3, 0.4) is 0 Å². The molecule has 5 aromatic carbocycles. The molecule has 1 fully saturated rings. The second kappa shape index (κ2) is 19.3.